The number of fused-ring (bicyclic) bond motifs is 3. The van der Waals surface area contributed by atoms with Crippen LogP contribution in [0.4, 0.5) is 4.79 Å². The van der Waals surface area contributed by atoms with E-state index in [2.05, 4.69) is 10.6 Å². The molecule has 9 heteroatoms. The van der Waals surface area contributed by atoms with Crippen LogP contribution in [0.5, 0.6) is 0 Å². The summed E-state index contributed by atoms with van der Waals surface area (Å²) in [6.07, 6.45) is 4.12. The van der Waals surface area contributed by atoms with Crippen LogP contribution in [0.15, 0.2) is 40.3 Å². The van der Waals surface area contributed by atoms with E-state index >= 15 is 0 Å². The molecule has 0 aliphatic heterocycles. The maximum absolute atomic E-state index is 13.7. The first-order valence-electron chi connectivity index (χ1n) is 10.8. The maximum atomic E-state index is 13.7. The zero-order valence-corrected chi connectivity index (χ0v) is 19.8. The lowest BCUT2D eigenvalue weighted by atomic mass is 9.97. The van der Waals surface area contributed by atoms with Gasteiger partial charge in [-0.1, -0.05) is 42.1 Å². The highest BCUT2D eigenvalue weighted by atomic mass is 32.2. The minimum absolute atomic E-state index is 0.0583. The van der Waals surface area contributed by atoms with E-state index in [0.717, 1.165) is 47.0 Å². The number of thioether (sulfide) groups is 1. The lowest BCUT2D eigenvalue weighted by Crippen LogP contribution is -2.42. The van der Waals surface area contributed by atoms with Gasteiger partial charge in [0.25, 0.3) is 5.56 Å². The average Bonchev–Trinajstić information content (AvgIpc) is 3.15. The molecule has 3 amide bonds. The summed E-state index contributed by atoms with van der Waals surface area (Å²) in [4.78, 5) is 44.7. The number of imide groups is 1. The van der Waals surface area contributed by atoms with Crippen LogP contribution in [0.2, 0.25) is 0 Å². The molecule has 7 nitrogen and oxygen atoms in total. The van der Waals surface area contributed by atoms with Gasteiger partial charge in [0.15, 0.2) is 5.16 Å². The normalized spacial score (nSPS) is 14.1. The van der Waals surface area contributed by atoms with Crippen molar-refractivity contribution in [1.82, 2.24) is 20.2 Å². The Morgan fingerprint density at radius 2 is 1.97 bits per heavy atom. The highest BCUT2D eigenvalue weighted by molar-refractivity contribution is 8.00. The first-order valence-corrected chi connectivity index (χ1v) is 12.5. The number of benzene rings is 1. The third kappa shape index (κ3) is 4.73. The Bertz CT molecular complexity index is 1200. The molecule has 168 valence electrons. The van der Waals surface area contributed by atoms with Gasteiger partial charge in [0.2, 0.25) is 5.91 Å². The summed E-state index contributed by atoms with van der Waals surface area (Å²) in [7, 11) is 0. The van der Waals surface area contributed by atoms with Crippen molar-refractivity contribution in [3.8, 4) is 0 Å². The molecule has 0 spiro atoms. The van der Waals surface area contributed by atoms with Gasteiger partial charge in [0.05, 0.1) is 17.2 Å². The van der Waals surface area contributed by atoms with Crippen LogP contribution in [-0.4, -0.2) is 33.3 Å². The molecule has 3 aromatic rings. The Morgan fingerprint density at radius 1 is 1.22 bits per heavy atom. The smallest absolute Gasteiger partial charge is 0.321 e. The molecule has 1 aliphatic carbocycles. The number of hydrogen-bond acceptors (Lipinski definition) is 6. The third-order valence-corrected chi connectivity index (χ3v) is 7.72. The number of carbonyl (C=O) groups is 2. The maximum Gasteiger partial charge on any atom is 0.321 e. The van der Waals surface area contributed by atoms with Crippen LogP contribution in [0.25, 0.3) is 10.2 Å². The molecule has 1 aromatic carbocycles. The molecule has 0 saturated heterocycles. The molecule has 2 N–H and O–H groups in total. The van der Waals surface area contributed by atoms with Crippen LogP contribution in [0, 0.1) is 0 Å². The standard InChI is InChI=1S/C23H26N4O3S2/c1-3-24-22(30)25-19(28)14(2)31-23-26-20-18(16-11-7-8-12-17(16)32-20)21(29)27(23)13-15-9-5-4-6-10-15/h4-6,9-10,14H,3,7-8,11-13H2,1-2H3,(H2,24,25,28,30)/t14-/m0/s1. The summed E-state index contributed by atoms with van der Waals surface area (Å²) in [6.45, 7) is 4.30. The summed E-state index contributed by atoms with van der Waals surface area (Å²) in [5, 5.41) is 5.51. The number of aryl methyl sites for hydroxylation is 2. The Labute approximate surface area is 194 Å². The predicted octanol–water partition coefficient (Wildman–Crippen LogP) is 3.71. The van der Waals surface area contributed by atoms with Gasteiger partial charge < -0.3 is 5.32 Å². The van der Waals surface area contributed by atoms with Gasteiger partial charge in [-0.15, -0.1) is 11.3 Å². The molecule has 0 fully saturated rings. The van der Waals surface area contributed by atoms with E-state index < -0.39 is 17.2 Å². The fourth-order valence-corrected chi connectivity index (χ4v) is 6.06. The highest BCUT2D eigenvalue weighted by Gasteiger charge is 2.25. The van der Waals surface area contributed by atoms with E-state index in [1.807, 2.05) is 30.3 Å². The Balaban J connectivity index is 1.73. The molecule has 32 heavy (non-hydrogen) atoms. The topological polar surface area (TPSA) is 93.1 Å². The third-order valence-electron chi connectivity index (χ3n) is 5.45. The van der Waals surface area contributed by atoms with Crippen LogP contribution in [-0.2, 0) is 24.2 Å². The van der Waals surface area contributed by atoms with Crippen molar-refractivity contribution in [1.29, 1.82) is 0 Å². The zero-order chi connectivity index (χ0) is 22.7. The number of urea groups is 1. The number of nitrogens with zero attached hydrogens (tertiary/aromatic N) is 2. The van der Waals surface area contributed by atoms with Crippen molar-refractivity contribution in [3.63, 3.8) is 0 Å². The van der Waals surface area contributed by atoms with Crippen molar-refractivity contribution < 1.29 is 9.59 Å². The Morgan fingerprint density at radius 3 is 2.72 bits per heavy atom. The van der Waals surface area contributed by atoms with Crippen molar-refractivity contribution in [3.05, 3.63) is 56.7 Å². The molecular weight excluding hydrogens is 444 g/mol. The second-order valence-electron chi connectivity index (χ2n) is 7.77. The van der Waals surface area contributed by atoms with Crippen LogP contribution in [0.1, 0.15) is 42.7 Å². The van der Waals surface area contributed by atoms with Gasteiger partial charge in [-0.3, -0.25) is 19.5 Å². The van der Waals surface area contributed by atoms with Gasteiger partial charge in [0.1, 0.15) is 4.83 Å². The second-order valence-corrected chi connectivity index (χ2v) is 10.2. The van der Waals surface area contributed by atoms with Crippen molar-refractivity contribution in [2.24, 2.45) is 0 Å². The average molecular weight is 471 g/mol. The van der Waals surface area contributed by atoms with Gasteiger partial charge in [0, 0.05) is 11.4 Å². The Hall–Kier alpha value is -2.65. The summed E-state index contributed by atoms with van der Waals surface area (Å²) in [5.41, 5.74) is 2.08. The predicted molar refractivity (Wildman–Crippen MR) is 129 cm³/mol. The monoisotopic (exact) mass is 470 g/mol. The van der Waals surface area contributed by atoms with Gasteiger partial charge in [-0.2, -0.15) is 0 Å². The number of hydrogen-bond donors (Lipinski definition) is 2. The summed E-state index contributed by atoms with van der Waals surface area (Å²) in [5.74, 6) is -0.424. The quantitative estimate of drug-likeness (QED) is 0.423. The SMILES string of the molecule is CCNC(=O)NC(=O)[C@H](C)Sc1nc2sc3c(c2c(=O)n1Cc1ccccc1)CCCC3. The first kappa shape index (κ1) is 22.5. The molecular formula is C23H26N4O3S2. The number of carbonyl (C=O) groups excluding carboxylic acids is 2. The number of thiophene rings is 1. The molecule has 4 rings (SSSR count). The largest absolute Gasteiger partial charge is 0.338 e. The van der Waals surface area contributed by atoms with E-state index in [1.54, 1.807) is 29.8 Å². The zero-order valence-electron chi connectivity index (χ0n) is 18.1. The van der Waals surface area contributed by atoms with E-state index in [9.17, 15) is 14.4 Å². The molecule has 0 saturated carbocycles. The molecule has 2 aromatic heterocycles. The van der Waals surface area contributed by atoms with E-state index in [-0.39, 0.29) is 5.56 Å². The van der Waals surface area contributed by atoms with Gasteiger partial charge in [-0.25, -0.2) is 9.78 Å². The lowest BCUT2D eigenvalue weighted by Gasteiger charge is -2.16. The van der Waals surface area contributed by atoms with Gasteiger partial charge >= 0.3 is 6.03 Å². The van der Waals surface area contributed by atoms with Crippen molar-refractivity contribution in [2.75, 3.05) is 6.54 Å². The minimum Gasteiger partial charge on any atom is -0.338 e. The first-order chi connectivity index (χ1) is 15.5. The van der Waals surface area contributed by atoms with Crippen LogP contribution >= 0.6 is 23.1 Å². The molecule has 1 atom stereocenters. The van der Waals surface area contributed by atoms with Crippen molar-refractivity contribution >= 4 is 45.3 Å². The lowest BCUT2D eigenvalue weighted by molar-refractivity contribution is -0.119. The highest BCUT2D eigenvalue weighted by Crippen LogP contribution is 2.35. The fraction of sp³-hybridized carbons (Fsp3) is 0.391. The second kappa shape index (κ2) is 9.87. The molecule has 1 aliphatic rings. The summed E-state index contributed by atoms with van der Waals surface area (Å²) < 4.78 is 1.67. The molecule has 0 unspecified atom stereocenters. The van der Waals surface area contributed by atoms with E-state index in [1.165, 1.54) is 16.6 Å². The number of aromatic nitrogens is 2. The van der Waals surface area contributed by atoms with Gasteiger partial charge in [-0.05, 0) is 50.7 Å². The van der Waals surface area contributed by atoms with E-state index in [4.69, 9.17) is 4.98 Å². The fourth-order valence-electron chi connectivity index (χ4n) is 3.85. The summed E-state index contributed by atoms with van der Waals surface area (Å²) in [6, 6.07) is 9.23. The number of nitrogens with one attached hydrogen (secondary N) is 2. The van der Waals surface area contributed by atoms with Crippen LogP contribution < -0.4 is 16.2 Å². The van der Waals surface area contributed by atoms with Crippen molar-refractivity contribution in [2.45, 2.75) is 56.5 Å². The minimum atomic E-state index is -0.599. The Kier molecular flexibility index (Phi) is 6.95. The van der Waals surface area contributed by atoms with E-state index in [0.29, 0.717) is 18.2 Å². The number of rotatable bonds is 6. The molecule has 0 bridgehead atoms. The van der Waals surface area contributed by atoms with Crippen LogP contribution in [0.3, 0.4) is 0 Å². The molecule has 0 radical (unpaired) electrons. The molecule has 2 heterocycles. The summed E-state index contributed by atoms with van der Waals surface area (Å²) >= 11 is 2.79. The number of amides is 3.